The summed E-state index contributed by atoms with van der Waals surface area (Å²) in [5, 5.41) is 7.42. The van der Waals surface area contributed by atoms with Crippen LogP contribution in [-0.4, -0.2) is 49.9 Å². The molecule has 1 aromatic carbocycles. The van der Waals surface area contributed by atoms with Gasteiger partial charge in [-0.25, -0.2) is 0 Å². The van der Waals surface area contributed by atoms with E-state index in [0.717, 1.165) is 41.5 Å². The van der Waals surface area contributed by atoms with Gasteiger partial charge in [-0.15, -0.1) is 0 Å². The van der Waals surface area contributed by atoms with Crippen molar-refractivity contribution in [2.45, 2.75) is 32.4 Å². The van der Waals surface area contributed by atoms with E-state index in [1.807, 2.05) is 13.8 Å². The molecular formula is C19H27BrN4O3. The second-order valence-corrected chi connectivity index (χ2v) is 7.05. The average molecular weight is 439 g/mol. The second-order valence-electron chi connectivity index (χ2n) is 6.26. The van der Waals surface area contributed by atoms with Gasteiger partial charge in [0.05, 0.1) is 15.7 Å². The minimum absolute atomic E-state index is 0.116. The fourth-order valence-corrected chi connectivity index (χ4v) is 3.95. The quantitative estimate of drug-likeness (QED) is 0.591. The summed E-state index contributed by atoms with van der Waals surface area (Å²) < 4.78 is 6.21. The minimum Gasteiger partial charge on any atom is -0.453 e. The molecule has 1 spiro atoms. The van der Waals surface area contributed by atoms with Crippen molar-refractivity contribution in [2.75, 3.05) is 32.5 Å². The number of carbonyl (C=O) groups is 2. The Kier molecular flexibility index (Phi) is 7.02. The van der Waals surface area contributed by atoms with Crippen molar-refractivity contribution in [3.05, 3.63) is 27.9 Å². The molecule has 7 nitrogen and oxygen atoms in total. The summed E-state index contributed by atoms with van der Waals surface area (Å²) in [7, 11) is 3.58. The van der Waals surface area contributed by atoms with Gasteiger partial charge in [-0.1, -0.05) is 13.8 Å². The van der Waals surface area contributed by atoms with E-state index in [2.05, 4.69) is 44.2 Å². The van der Waals surface area contributed by atoms with Gasteiger partial charge in [-0.05, 0) is 42.2 Å². The molecule has 0 atom stereocenters. The van der Waals surface area contributed by atoms with Crippen molar-refractivity contribution in [3.8, 4) is 0 Å². The first kappa shape index (κ1) is 21.4. The summed E-state index contributed by atoms with van der Waals surface area (Å²) >= 11 is 3.57. The third-order valence-electron chi connectivity index (χ3n) is 4.70. The molecule has 1 fully saturated rings. The number of halogens is 1. The van der Waals surface area contributed by atoms with E-state index in [4.69, 9.17) is 4.42 Å². The van der Waals surface area contributed by atoms with Gasteiger partial charge >= 0.3 is 0 Å². The number of benzene rings is 1. The number of likely N-dealkylation sites (tertiary alicyclic amines) is 1. The average Bonchev–Trinajstić information content (AvgIpc) is 3.13. The number of fused-ring (bicyclic) bond motifs is 2. The van der Waals surface area contributed by atoms with Gasteiger partial charge in [-0.3, -0.25) is 9.59 Å². The molecule has 27 heavy (non-hydrogen) atoms. The smallest absolute Gasteiger partial charge is 0.255 e. The zero-order valence-corrected chi connectivity index (χ0v) is 17.8. The van der Waals surface area contributed by atoms with Crippen LogP contribution in [0.15, 0.2) is 21.0 Å². The first-order valence-corrected chi connectivity index (χ1v) is 9.89. The summed E-state index contributed by atoms with van der Waals surface area (Å²) in [5.74, 6) is 0.132. The zero-order chi connectivity index (χ0) is 20.2. The largest absolute Gasteiger partial charge is 0.453 e. The number of hydrogen-bond donors (Lipinski definition) is 3. The van der Waals surface area contributed by atoms with Crippen molar-refractivity contribution in [1.82, 2.24) is 10.2 Å². The normalized spacial score (nSPS) is 17.6. The van der Waals surface area contributed by atoms with E-state index in [1.165, 1.54) is 7.05 Å². The van der Waals surface area contributed by atoms with Gasteiger partial charge in [0.25, 0.3) is 5.91 Å². The Morgan fingerprint density at radius 1 is 1.22 bits per heavy atom. The maximum atomic E-state index is 12.6. The first-order valence-electron chi connectivity index (χ1n) is 9.09. The van der Waals surface area contributed by atoms with E-state index in [0.29, 0.717) is 17.4 Å². The highest BCUT2D eigenvalue weighted by molar-refractivity contribution is 9.10. The number of aldehydes is 1. The number of hydrogen-bond acceptors (Lipinski definition) is 6. The Balaban J connectivity index is 0.000000614. The molecule has 1 amide bonds. The summed E-state index contributed by atoms with van der Waals surface area (Å²) in [5.41, 5.74) is 5.91. The van der Waals surface area contributed by atoms with Gasteiger partial charge in [0.2, 0.25) is 0 Å². The van der Waals surface area contributed by atoms with E-state index in [9.17, 15) is 9.59 Å². The van der Waals surface area contributed by atoms with E-state index in [-0.39, 0.29) is 11.7 Å². The van der Waals surface area contributed by atoms with Crippen LogP contribution in [-0.2, 0) is 0 Å². The highest BCUT2D eigenvalue weighted by Gasteiger charge is 2.40. The summed E-state index contributed by atoms with van der Waals surface area (Å²) in [6, 6.07) is 3.37. The summed E-state index contributed by atoms with van der Waals surface area (Å²) in [6.07, 6.45) is 2.34. The van der Waals surface area contributed by atoms with Crippen LogP contribution in [0, 0.1) is 0 Å². The van der Waals surface area contributed by atoms with Gasteiger partial charge in [0.1, 0.15) is 11.2 Å². The third-order valence-corrected chi connectivity index (χ3v) is 5.52. The molecule has 2 aliphatic rings. The SMILES string of the molecule is CC.CN.CN1CCC2(CC1)NC(=O)c1cc3oc(C=O)cc3c(Br)c1N2. The van der Waals surface area contributed by atoms with Crippen LogP contribution in [0.5, 0.6) is 0 Å². The van der Waals surface area contributed by atoms with Crippen molar-refractivity contribution in [2.24, 2.45) is 5.73 Å². The first-order chi connectivity index (χ1) is 13.0. The lowest BCUT2D eigenvalue weighted by molar-refractivity contribution is 0.0845. The molecule has 4 rings (SSSR count). The van der Waals surface area contributed by atoms with Gasteiger partial charge in [0.15, 0.2) is 12.0 Å². The molecule has 2 aromatic rings. The number of furan rings is 1. The molecule has 1 aromatic heterocycles. The van der Waals surface area contributed by atoms with Crippen molar-refractivity contribution in [1.29, 1.82) is 0 Å². The fraction of sp³-hybridized carbons (Fsp3) is 0.474. The number of rotatable bonds is 1. The molecule has 0 bridgehead atoms. The number of amides is 1. The Bertz CT molecular complexity index is 826. The molecule has 0 radical (unpaired) electrons. The summed E-state index contributed by atoms with van der Waals surface area (Å²) in [4.78, 5) is 25.8. The number of nitrogens with two attached hydrogens (primary N) is 1. The van der Waals surface area contributed by atoms with Crippen LogP contribution >= 0.6 is 15.9 Å². The lowest BCUT2D eigenvalue weighted by Crippen LogP contribution is -2.62. The predicted octanol–water partition coefficient (Wildman–Crippen LogP) is 3.19. The van der Waals surface area contributed by atoms with Crippen molar-refractivity contribution >= 4 is 44.8 Å². The van der Waals surface area contributed by atoms with E-state index < -0.39 is 5.66 Å². The Morgan fingerprint density at radius 2 is 1.85 bits per heavy atom. The van der Waals surface area contributed by atoms with Crippen LogP contribution in [0.2, 0.25) is 0 Å². The third kappa shape index (κ3) is 4.02. The van der Waals surface area contributed by atoms with Crippen LogP contribution < -0.4 is 16.4 Å². The highest BCUT2D eigenvalue weighted by Crippen LogP contribution is 2.41. The van der Waals surface area contributed by atoms with E-state index >= 15 is 0 Å². The number of carbonyl (C=O) groups excluding carboxylic acids is 2. The molecule has 3 heterocycles. The minimum atomic E-state index is -0.413. The van der Waals surface area contributed by atoms with Crippen LogP contribution in [0.25, 0.3) is 11.0 Å². The molecule has 0 saturated carbocycles. The molecule has 0 aliphatic carbocycles. The Hall–Kier alpha value is -1.90. The van der Waals surface area contributed by atoms with Gasteiger partial charge < -0.3 is 25.7 Å². The standard InChI is InChI=1S/C16H16BrN3O3.C2H6.CH5N/c1-20-4-2-16(3-5-20)18-14-11(15(22)19-16)7-12-10(13(14)17)6-9(8-21)23-12;2*1-2/h6-8,18H,2-5H2,1H3,(H,19,22);1-2H3;2H2,1H3. The molecule has 4 N–H and O–H groups in total. The highest BCUT2D eigenvalue weighted by atomic mass is 79.9. The zero-order valence-electron chi connectivity index (χ0n) is 16.2. The van der Waals surface area contributed by atoms with Crippen LogP contribution in [0.3, 0.4) is 0 Å². The van der Waals surface area contributed by atoms with Gasteiger partial charge in [-0.2, -0.15) is 0 Å². The number of piperidine rings is 1. The maximum Gasteiger partial charge on any atom is 0.255 e. The van der Waals surface area contributed by atoms with Crippen LogP contribution in [0.1, 0.15) is 47.6 Å². The van der Waals surface area contributed by atoms with Crippen molar-refractivity contribution < 1.29 is 14.0 Å². The Labute approximate surface area is 167 Å². The topological polar surface area (TPSA) is 101 Å². The lowest BCUT2D eigenvalue weighted by Gasteiger charge is -2.45. The monoisotopic (exact) mass is 438 g/mol. The molecule has 1 saturated heterocycles. The number of anilines is 1. The molecular weight excluding hydrogens is 412 g/mol. The van der Waals surface area contributed by atoms with Gasteiger partial charge in [0, 0.05) is 31.3 Å². The predicted molar refractivity (Wildman–Crippen MR) is 111 cm³/mol. The fourth-order valence-electron chi connectivity index (χ4n) is 3.32. The van der Waals surface area contributed by atoms with Crippen molar-refractivity contribution in [3.63, 3.8) is 0 Å². The molecule has 148 valence electrons. The van der Waals surface area contributed by atoms with E-state index in [1.54, 1.807) is 12.1 Å². The molecule has 2 aliphatic heterocycles. The second kappa shape index (κ2) is 8.86. The maximum absolute atomic E-state index is 12.6. The summed E-state index contributed by atoms with van der Waals surface area (Å²) in [6.45, 7) is 5.84. The lowest BCUT2D eigenvalue weighted by atomic mass is 9.92. The number of nitrogens with one attached hydrogen (secondary N) is 2. The molecule has 0 unspecified atom stereocenters. The number of nitrogens with zero attached hydrogens (tertiary/aromatic N) is 1. The molecule has 8 heteroatoms. The van der Waals surface area contributed by atoms with Crippen LogP contribution in [0.4, 0.5) is 5.69 Å². The Morgan fingerprint density at radius 3 is 2.44 bits per heavy atom.